The molecule has 0 bridgehead atoms. The van der Waals surface area contributed by atoms with Gasteiger partial charge >= 0.3 is 5.97 Å². The van der Waals surface area contributed by atoms with Gasteiger partial charge in [-0.1, -0.05) is 13.8 Å². The van der Waals surface area contributed by atoms with Gasteiger partial charge < -0.3 is 19.8 Å². The van der Waals surface area contributed by atoms with Gasteiger partial charge in [-0.25, -0.2) is 9.79 Å². The Morgan fingerprint density at radius 2 is 2.14 bits per heavy atom. The molecule has 1 heterocycles. The molecule has 0 radical (unpaired) electrons. The minimum atomic E-state index is -0.390. The van der Waals surface area contributed by atoms with Crippen molar-refractivity contribution in [1.29, 1.82) is 0 Å². The summed E-state index contributed by atoms with van der Waals surface area (Å²) in [6.07, 6.45) is 1.08. The summed E-state index contributed by atoms with van der Waals surface area (Å²) >= 11 is 0. The van der Waals surface area contributed by atoms with Crippen LogP contribution in [0.1, 0.15) is 49.1 Å². The van der Waals surface area contributed by atoms with Crippen LogP contribution in [0.25, 0.3) is 0 Å². The number of hydrogen-bond acceptors (Lipinski definition) is 4. The highest BCUT2D eigenvalue weighted by Crippen LogP contribution is 2.16. The lowest BCUT2D eigenvalue weighted by molar-refractivity contribution is 0.0599. The molecule has 22 heavy (non-hydrogen) atoms. The third-order valence-corrected chi connectivity index (χ3v) is 3.13. The fourth-order valence-electron chi connectivity index (χ4n) is 1.91. The normalized spacial score (nSPS) is 11.6. The molecule has 0 aliphatic carbocycles. The third kappa shape index (κ3) is 5.79. The van der Waals surface area contributed by atoms with Gasteiger partial charge in [-0.15, -0.1) is 0 Å². The Morgan fingerprint density at radius 3 is 2.73 bits per heavy atom. The lowest BCUT2D eigenvalue weighted by Gasteiger charge is -2.11. The first-order chi connectivity index (χ1) is 10.5. The van der Waals surface area contributed by atoms with Crippen molar-refractivity contribution in [3.05, 3.63) is 23.2 Å². The maximum Gasteiger partial charge on any atom is 0.341 e. The average Bonchev–Trinajstić information content (AvgIpc) is 2.84. The summed E-state index contributed by atoms with van der Waals surface area (Å²) < 4.78 is 10.3. The molecular formula is C16H27N3O3. The molecule has 0 spiro atoms. The van der Waals surface area contributed by atoms with Crippen molar-refractivity contribution in [2.75, 3.05) is 20.2 Å². The zero-order valence-electron chi connectivity index (χ0n) is 14.2. The number of nitrogens with one attached hydrogen (secondary N) is 2. The van der Waals surface area contributed by atoms with E-state index in [0.29, 0.717) is 29.5 Å². The first kappa shape index (κ1) is 18.1. The lowest BCUT2D eigenvalue weighted by Crippen LogP contribution is -2.38. The van der Waals surface area contributed by atoms with Gasteiger partial charge in [0.1, 0.15) is 23.6 Å². The topological polar surface area (TPSA) is 75.9 Å². The number of ether oxygens (including phenoxy) is 1. The van der Waals surface area contributed by atoms with E-state index in [1.807, 2.05) is 6.92 Å². The number of rotatable bonds is 7. The van der Waals surface area contributed by atoms with Gasteiger partial charge in [0.05, 0.1) is 7.11 Å². The fraction of sp³-hybridized carbons (Fsp3) is 0.625. The average molecular weight is 309 g/mol. The summed E-state index contributed by atoms with van der Waals surface area (Å²) in [6.45, 7) is 10.2. The molecule has 1 aromatic heterocycles. The van der Waals surface area contributed by atoms with Crippen LogP contribution < -0.4 is 10.6 Å². The number of aliphatic imine (C=N–C) groups is 1. The Hall–Kier alpha value is -1.98. The number of nitrogens with zero attached hydrogens (tertiary/aromatic N) is 1. The Morgan fingerprint density at radius 1 is 1.41 bits per heavy atom. The molecular weight excluding hydrogens is 282 g/mol. The predicted octanol–water partition coefficient (Wildman–Crippen LogP) is 2.48. The van der Waals surface area contributed by atoms with Gasteiger partial charge in [0.15, 0.2) is 5.96 Å². The molecule has 124 valence electrons. The van der Waals surface area contributed by atoms with E-state index in [2.05, 4.69) is 29.5 Å². The highest BCUT2D eigenvalue weighted by Gasteiger charge is 2.15. The van der Waals surface area contributed by atoms with Crippen molar-refractivity contribution >= 4 is 11.9 Å². The van der Waals surface area contributed by atoms with Crippen LogP contribution in [0, 0.1) is 12.8 Å². The quantitative estimate of drug-likeness (QED) is 0.460. The van der Waals surface area contributed by atoms with Crippen LogP contribution in [0.15, 0.2) is 15.5 Å². The summed E-state index contributed by atoms with van der Waals surface area (Å²) in [6, 6.07) is 1.68. The molecule has 0 saturated heterocycles. The van der Waals surface area contributed by atoms with E-state index >= 15 is 0 Å². The summed E-state index contributed by atoms with van der Waals surface area (Å²) in [7, 11) is 1.36. The molecule has 6 heteroatoms. The first-order valence-electron chi connectivity index (χ1n) is 7.67. The van der Waals surface area contributed by atoms with Gasteiger partial charge in [-0.3, -0.25) is 0 Å². The number of carbonyl (C=O) groups excluding carboxylic acids is 1. The van der Waals surface area contributed by atoms with Crippen molar-refractivity contribution in [1.82, 2.24) is 10.6 Å². The number of guanidine groups is 1. The number of esters is 1. The fourth-order valence-corrected chi connectivity index (χ4v) is 1.91. The Bertz CT molecular complexity index is 507. The molecule has 1 aromatic rings. The van der Waals surface area contributed by atoms with Crippen molar-refractivity contribution in [3.63, 3.8) is 0 Å². The molecule has 0 aromatic carbocycles. The molecule has 6 nitrogen and oxygen atoms in total. The monoisotopic (exact) mass is 309 g/mol. The first-order valence-corrected chi connectivity index (χ1v) is 7.67. The maximum atomic E-state index is 11.6. The molecule has 2 N–H and O–H groups in total. The Labute approximate surface area is 132 Å². The number of methoxy groups -OCH3 is 1. The standard InChI is InChI=1S/C16H27N3O3/c1-6-17-16(18-8-7-11(2)3)19-10-13-9-14(12(4)22-13)15(20)21-5/h9,11H,6-8,10H2,1-5H3,(H2,17,18,19). The Kier molecular flexibility index (Phi) is 7.49. The van der Waals surface area contributed by atoms with Crippen LogP contribution in [0.2, 0.25) is 0 Å². The van der Waals surface area contributed by atoms with Crippen molar-refractivity contribution < 1.29 is 13.9 Å². The molecule has 1 rings (SSSR count). The van der Waals surface area contributed by atoms with Crippen molar-refractivity contribution in [2.45, 2.75) is 40.7 Å². The lowest BCUT2D eigenvalue weighted by atomic mass is 10.1. The van der Waals surface area contributed by atoms with Gasteiger partial charge in [-0.2, -0.15) is 0 Å². The summed E-state index contributed by atoms with van der Waals surface area (Å²) in [4.78, 5) is 16.0. The number of carbonyl (C=O) groups is 1. The second-order valence-electron chi connectivity index (χ2n) is 5.48. The highest BCUT2D eigenvalue weighted by molar-refractivity contribution is 5.90. The third-order valence-electron chi connectivity index (χ3n) is 3.13. The van der Waals surface area contributed by atoms with Crippen molar-refractivity contribution in [2.24, 2.45) is 10.9 Å². The second kappa shape index (κ2) is 9.12. The smallest absolute Gasteiger partial charge is 0.341 e. The summed E-state index contributed by atoms with van der Waals surface area (Å²) in [5, 5.41) is 6.47. The minimum absolute atomic E-state index is 0.370. The van der Waals surface area contributed by atoms with E-state index in [1.165, 1.54) is 7.11 Å². The van der Waals surface area contributed by atoms with E-state index < -0.39 is 5.97 Å². The number of furan rings is 1. The van der Waals surface area contributed by atoms with Gasteiger partial charge in [0, 0.05) is 13.1 Å². The van der Waals surface area contributed by atoms with E-state index in [1.54, 1.807) is 13.0 Å². The minimum Gasteiger partial charge on any atom is -0.465 e. The molecule has 0 aliphatic rings. The van der Waals surface area contributed by atoms with E-state index in [9.17, 15) is 4.79 Å². The van der Waals surface area contributed by atoms with Gasteiger partial charge in [0.25, 0.3) is 0 Å². The molecule has 0 aliphatic heterocycles. The van der Waals surface area contributed by atoms with Gasteiger partial charge in [0.2, 0.25) is 0 Å². The molecule has 0 saturated carbocycles. The van der Waals surface area contributed by atoms with Crippen LogP contribution in [-0.4, -0.2) is 32.1 Å². The predicted molar refractivity (Wildman–Crippen MR) is 87.1 cm³/mol. The largest absolute Gasteiger partial charge is 0.465 e. The van der Waals surface area contributed by atoms with E-state index in [-0.39, 0.29) is 0 Å². The zero-order valence-corrected chi connectivity index (χ0v) is 14.2. The van der Waals surface area contributed by atoms with Crippen LogP contribution in [0.4, 0.5) is 0 Å². The molecule has 0 amide bonds. The van der Waals surface area contributed by atoms with Gasteiger partial charge in [-0.05, 0) is 32.3 Å². The molecule has 0 unspecified atom stereocenters. The molecule has 0 fully saturated rings. The van der Waals surface area contributed by atoms with Crippen LogP contribution >= 0.6 is 0 Å². The van der Waals surface area contributed by atoms with Crippen molar-refractivity contribution in [3.8, 4) is 0 Å². The summed E-state index contributed by atoms with van der Waals surface area (Å²) in [5.41, 5.74) is 0.450. The number of hydrogen-bond donors (Lipinski definition) is 2. The molecule has 0 atom stereocenters. The van der Waals surface area contributed by atoms with E-state index in [4.69, 9.17) is 9.15 Å². The number of aryl methyl sites for hydroxylation is 1. The van der Waals surface area contributed by atoms with Crippen LogP contribution in [0.5, 0.6) is 0 Å². The second-order valence-corrected chi connectivity index (χ2v) is 5.48. The van der Waals surface area contributed by atoms with Crippen LogP contribution in [-0.2, 0) is 11.3 Å². The maximum absolute atomic E-state index is 11.6. The SMILES string of the molecule is CCNC(=NCc1cc(C(=O)OC)c(C)o1)NCCC(C)C. The summed E-state index contributed by atoms with van der Waals surface area (Å²) in [5.74, 6) is 2.19. The zero-order chi connectivity index (χ0) is 16.5. The van der Waals surface area contributed by atoms with Crippen LogP contribution in [0.3, 0.4) is 0 Å². The highest BCUT2D eigenvalue weighted by atomic mass is 16.5. The van der Waals surface area contributed by atoms with E-state index in [0.717, 1.165) is 25.5 Å². The Balaban J connectivity index is 2.67.